The molecule has 2 aromatic carbocycles. The lowest BCUT2D eigenvalue weighted by atomic mass is 9.98. The van der Waals surface area contributed by atoms with Crippen molar-refractivity contribution >= 4 is 11.9 Å². The highest BCUT2D eigenvalue weighted by Crippen LogP contribution is 2.24. The summed E-state index contributed by atoms with van der Waals surface area (Å²) in [5, 5.41) is 3.43. The Kier molecular flexibility index (Phi) is 5.99. The number of carbonyl (C=O) groups excluding carboxylic acids is 2. The number of nitrogens with one attached hydrogen (secondary N) is 1. The Morgan fingerprint density at radius 1 is 1.07 bits per heavy atom. The zero-order chi connectivity index (χ0) is 21.1. The van der Waals surface area contributed by atoms with Gasteiger partial charge in [0.15, 0.2) is 0 Å². The van der Waals surface area contributed by atoms with Gasteiger partial charge in [0, 0.05) is 12.6 Å². The lowest BCUT2D eigenvalue weighted by molar-refractivity contribution is -0.127. The number of hydrogen-bond donors (Lipinski definition) is 1. The van der Waals surface area contributed by atoms with Crippen molar-refractivity contribution in [3.8, 4) is 11.5 Å². The molecule has 3 amide bonds. The van der Waals surface area contributed by atoms with E-state index in [2.05, 4.69) is 5.32 Å². The average Bonchev–Trinajstić information content (AvgIpc) is 3.04. The minimum atomic E-state index is -0.315. The van der Waals surface area contributed by atoms with Gasteiger partial charge >= 0.3 is 6.03 Å². The standard InChI is InChI=1S/C23H26FN3O3/c1-16(21-4-2-3-13-25-21)27-22(28)15-26(23(27)29)14-17-5-9-19(10-6-17)30-20-11-7-18(24)8-12-20/h5-12,16,21,25H,2-4,13-15H2,1H3. The zero-order valence-electron chi connectivity index (χ0n) is 17.0. The van der Waals surface area contributed by atoms with Crippen LogP contribution >= 0.6 is 0 Å². The predicted octanol–water partition coefficient (Wildman–Crippen LogP) is 3.91. The van der Waals surface area contributed by atoms with Gasteiger partial charge in [0.2, 0.25) is 0 Å². The molecule has 2 aliphatic rings. The van der Waals surface area contributed by atoms with E-state index in [1.807, 2.05) is 19.1 Å². The maximum atomic E-state index is 13.0. The number of imide groups is 1. The number of halogens is 1. The first-order chi connectivity index (χ1) is 14.5. The van der Waals surface area contributed by atoms with Crippen LogP contribution in [-0.2, 0) is 11.3 Å². The zero-order valence-corrected chi connectivity index (χ0v) is 17.0. The first-order valence-electron chi connectivity index (χ1n) is 10.4. The monoisotopic (exact) mass is 411 g/mol. The summed E-state index contributed by atoms with van der Waals surface area (Å²) < 4.78 is 18.7. The van der Waals surface area contributed by atoms with Crippen molar-refractivity contribution in [1.29, 1.82) is 0 Å². The Hall–Kier alpha value is -2.93. The lowest BCUT2D eigenvalue weighted by Gasteiger charge is -2.33. The van der Waals surface area contributed by atoms with Gasteiger partial charge in [0.25, 0.3) is 5.91 Å². The van der Waals surface area contributed by atoms with Gasteiger partial charge in [-0.15, -0.1) is 0 Å². The number of piperidine rings is 1. The van der Waals surface area contributed by atoms with Gasteiger partial charge in [0.1, 0.15) is 23.9 Å². The summed E-state index contributed by atoms with van der Waals surface area (Å²) in [7, 11) is 0. The van der Waals surface area contributed by atoms with Crippen molar-refractivity contribution in [2.75, 3.05) is 13.1 Å². The normalized spacial score (nSPS) is 20.5. The molecule has 4 rings (SSSR count). The van der Waals surface area contributed by atoms with E-state index in [1.54, 1.807) is 29.2 Å². The summed E-state index contributed by atoms with van der Waals surface area (Å²) in [6.07, 6.45) is 3.24. The fraction of sp³-hybridized carbons (Fsp3) is 0.391. The summed E-state index contributed by atoms with van der Waals surface area (Å²) in [4.78, 5) is 28.4. The smallest absolute Gasteiger partial charge is 0.327 e. The van der Waals surface area contributed by atoms with E-state index in [9.17, 15) is 14.0 Å². The van der Waals surface area contributed by atoms with E-state index in [4.69, 9.17) is 4.74 Å². The van der Waals surface area contributed by atoms with Crippen molar-refractivity contribution in [1.82, 2.24) is 15.1 Å². The van der Waals surface area contributed by atoms with Gasteiger partial charge in [0.05, 0.1) is 6.04 Å². The summed E-state index contributed by atoms with van der Waals surface area (Å²) in [5.41, 5.74) is 0.910. The van der Waals surface area contributed by atoms with Crippen LogP contribution in [-0.4, -0.2) is 46.9 Å². The van der Waals surface area contributed by atoms with Crippen molar-refractivity contribution < 1.29 is 18.7 Å². The van der Waals surface area contributed by atoms with Crippen molar-refractivity contribution in [2.24, 2.45) is 0 Å². The number of hydrogen-bond acceptors (Lipinski definition) is 4. The van der Waals surface area contributed by atoms with Gasteiger partial charge in [-0.2, -0.15) is 0 Å². The molecule has 2 heterocycles. The Morgan fingerprint density at radius 2 is 1.73 bits per heavy atom. The van der Waals surface area contributed by atoms with Gasteiger partial charge in [-0.3, -0.25) is 9.69 Å². The number of ether oxygens (including phenoxy) is 1. The van der Waals surface area contributed by atoms with Crippen molar-refractivity contribution in [3.63, 3.8) is 0 Å². The van der Waals surface area contributed by atoms with E-state index in [0.29, 0.717) is 18.0 Å². The van der Waals surface area contributed by atoms with E-state index in [1.165, 1.54) is 17.0 Å². The highest BCUT2D eigenvalue weighted by molar-refractivity contribution is 6.02. The Bertz CT molecular complexity index is 895. The largest absolute Gasteiger partial charge is 0.457 e. The van der Waals surface area contributed by atoms with Crippen LogP contribution in [0.25, 0.3) is 0 Å². The number of amides is 3. The second-order valence-electron chi connectivity index (χ2n) is 7.90. The summed E-state index contributed by atoms with van der Waals surface area (Å²) in [5.74, 6) is 0.708. The molecule has 2 aromatic rings. The molecule has 0 bridgehead atoms. The molecular weight excluding hydrogens is 385 g/mol. The van der Waals surface area contributed by atoms with Gasteiger partial charge < -0.3 is 15.0 Å². The van der Waals surface area contributed by atoms with Crippen molar-refractivity contribution in [3.05, 3.63) is 59.9 Å². The molecule has 0 radical (unpaired) electrons. The molecule has 6 nitrogen and oxygen atoms in total. The first kappa shape index (κ1) is 20.3. The molecule has 2 fully saturated rings. The molecule has 2 unspecified atom stereocenters. The van der Waals surface area contributed by atoms with Gasteiger partial charge in [-0.1, -0.05) is 18.6 Å². The SMILES string of the molecule is CC(C1CCCCN1)N1C(=O)CN(Cc2ccc(Oc3ccc(F)cc3)cc2)C1=O. The van der Waals surface area contributed by atoms with E-state index in [0.717, 1.165) is 31.4 Å². The minimum Gasteiger partial charge on any atom is -0.457 e. The second-order valence-corrected chi connectivity index (χ2v) is 7.90. The van der Waals surface area contributed by atoms with Crippen LogP contribution in [0, 0.1) is 5.82 Å². The third-order valence-corrected chi connectivity index (χ3v) is 5.76. The van der Waals surface area contributed by atoms with Crippen LogP contribution < -0.4 is 10.1 Å². The molecule has 0 saturated carbocycles. The van der Waals surface area contributed by atoms with Gasteiger partial charge in [-0.25, -0.2) is 9.18 Å². The van der Waals surface area contributed by atoms with Crippen LogP contribution in [0.5, 0.6) is 11.5 Å². The number of urea groups is 1. The van der Waals surface area contributed by atoms with Crippen LogP contribution in [0.3, 0.4) is 0 Å². The van der Waals surface area contributed by atoms with E-state index >= 15 is 0 Å². The molecule has 1 N–H and O–H groups in total. The van der Waals surface area contributed by atoms with Crippen LogP contribution in [0.4, 0.5) is 9.18 Å². The van der Waals surface area contributed by atoms with Crippen LogP contribution in [0.15, 0.2) is 48.5 Å². The predicted molar refractivity (Wildman–Crippen MR) is 111 cm³/mol. The molecule has 7 heteroatoms. The number of rotatable bonds is 6. The topological polar surface area (TPSA) is 61.9 Å². The number of nitrogens with zero attached hydrogens (tertiary/aromatic N) is 2. The Labute approximate surface area is 175 Å². The Morgan fingerprint density at radius 3 is 2.37 bits per heavy atom. The Balaban J connectivity index is 1.37. The maximum absolute atomic E-state index is 13.0. The maximum Gasteiger partial charge on any atom is 0.327 e. The number of carbonyl (C=O) groups is 2. The average molecular weight is 411 g/mol. The fourth-order valence-corrected chi connectivity index (χ4v) is 4.08. The fourth-order valence-electron chi connectivity index (χ4n) is 4.08. The first-order valence-corrected chi connectivity index (χ1v) is 10.4. The minimum absolute atomic E-state index is 0.101. The molecule has 158 valence electrons. The third-order valence-electron chi connectivity index (χ3n) is 5.76. The highest BCUT2D eigenvalue weighted by atomic mass is 19.1. The highest BCUT2D eigenvalue weighted by Gasteiger charge is 2.41. The van der Waals surface area contributed by atoms with Gasteiger partial charge in [-0.05, 0) is 68.3 Å². The molecule has 0 aromatic heterocycles. The van der Waals surface area contributed by atoms with Crippen molar-refractivity contribution in [2.45, 2.75) is 44.8 Å². The summed E-state index contributed by atoms with van der Waals surface area (Å²) in [6, 6.07) is 12.9. The quantitative estimate of drug-likeness (QED) is 0.732. The molecule has 0 aliphatic carbocycles. The summed E-state index contributed by atoms with van der Waals surface area (Å²) in [6.45, 7) is 3.34. The molecule has 30 heavy (non-hydrogen) atoms. The van der Waals surface area contributed by atoms with E-state index in [-0.39, 0.29) is 36.4 Å². The lowest BCUT2D eigenvalue weighted by Crippen LogP contribution is -2.52. The van der Waals surface area contributed by atoms with Crippen LogP contribution in [0.2, 0.25) is 0 Å². The van der Waals surface area contributed by atoms with E-state index < -0.39 is 0 Å². The molecule has 2 aliphatic heterocycles. The molecular formula is C23H26FN3O3. The molecule has 0 spiro atoms. The van der Waals surface area contributed by atoms with Crippen LogP contribution in [0.1, 0.15) is 31.7 Å². The molecule has 2 saturated heterocycles. The number of benzene rings is 2. The third kappa shape index (κ3) is 4.46. The molecule has 2 atom stereocenters. The summed E-state index contributed by atoms with van der Waals surface area (Å²) >= 11 is 0. The second kappa shape index (κ2) is 8.83.